The molecular weight excluding hydrogens is 272 g/mol. The minimum Gasteiger partial charge on any atom is -0.444 e. The molecule has 0 bridgehead atoms. The monoisotopic (exact) mass is 286 g/mol. The number of hydrogen-bond acceptors (Lipinski definition) is 3. The highest BCUT2D eigenvalue weighted by molar-refractivity contribution is 9.10. The van der Waals surface area contributed by atoms with Gasteiger partial charge >= 0.3 is 0 Å². The predicted molar refractivity (Wildman–Crippen MR) is 64.3 cm³/mol. The molecule has 2 N–H and O–H groups in total. The summed E-state index contributed by atoms with van der Waals surface area (Å²) in [6.45, 7) is 2.83. The molecule has 2 heterocycles. The first-order chi connectivity index (χ1) is 7.75. The minimum atomic E-state index is -0.135. The number of rotatable bonds is 3. The Hall–Kier alpha value is -0.810. The van der Waals surface area contributed by atoms with Crippen LogP contribution in [0.2, 0.25) is 0 Å². The number of carbonyl (C=O) groups is 1. The van der Waals surface area contributed by atoms with E-state index in [1.54, 1.807) is 12.1 Å². The van der Waals surface area contributed by atoms with E-state index in [0.29, 0.717) is 16.3 Å². The normalized spacial score (nSPS) is 17.3. The SMILES string of the molecule is O=C(NCC1CCNCC1)c1ccc(Br)o1. The first kappa shape index (κ1) is 11.7. The Morgan fingerprint density at radius 3 is 2.88 bits per heavy atom. The molecule has 0 atom stereocenters. The number of nitrogens with one attached hydrogen (secondary N) is 2. The van der Waals surface area contributed by atoms with Crippen LogP contribution in [0.25, 0.3) is 0 Å². The van der Waals surface area contributed by atoms with Gasteiger partial charge in [-0.3, -0.25) is 4.79 Å². The maximum absolute atomic E-state index is 11.7. The van der Waals surface area contributed by atoms with Gasteiger partial charge in [0.1, 0.15) is 0 Å². The van der Waals surface area contributed by atoms with Gasteiger partial charge in [0.2, 0.25) is 0 Å². The molecule has 5 heteroatoms. The van der Waals surface area contributed by atoms with Gasteiger partial charge in [-0.05, 0) is 59.9 Å². The zero-order valence-corrected chi connectivity index (χ0v) is 10.5. The Morgan fingerprint density at radius 1 is 1.50 bits per heavy atom. The molecule has 1 amide bonds. The topological polar surface area (TPSA) is 54.3 Å². The lowest BCUT2D eigenvalue weighted by molar-refractivity contribution is 0.0915. The molecule has 1 aromatic rings. The van der Waals surface area contributed by atoms with Crippen LogP contribution in [-0.2, 0) is 0 Å². The Kier molecular flexibility index (Phi) is 4.01. The van der Waals surface area contributed by atoms with Gasteiger partial charge in [0.25, 0.3) is 5.91 Å². The van der Waals surface area contributed by atoms with Gasteiger partial charge in [-0.15, -0.1) is 0 Å². The van der Waals surface area contributed by atoms with E-state index in [1.807, 2.05) is 0 Å². The zero-order chi connectivity index (χ0) is 11.4. The molecule has 1 saturated heterocycles. The van der Waals surface area contributed by atoms with Crippen molar-refractivity contribution < 1.29 is 9.21 Å². The summed E-state index contributed by atoms with van der Waals surface area (Å²) in [5.74, 6) is 0.814. The largest absolute Gasteiger partial charge is 0.444 e. The lowest BCUT2D eigenvalue weighted by Crippen LogP contribution is -2.35. The molecule has 0 unspecified atom stereocenters. The highest BCUT2D eigenvalue weighted by atomic mass is 79.9. The summed E-state index contributed by atoms with van der Waals surface area (Å²) in [7, 11) is 0. The predicted octanol–water partition coefficient (Wildman–Crippen LogP) is 1.77. The van der Waals surface area contributed by atoms with E-state index in [4.69, 9.17) is 4.42 Å². The van der Waals surface area contributed by atoms with Crippen molar-refractivity contribution in [2.24, 2.45) is 5.92 Å². The second kappa shape index (κ2) is 5.50. The average Bonchev–Trinajstić information content (AvgIpc) is 2.74. The molecule has 16 heavy (non-hydrogen) atoms. The lowest BCUT2D eigenvalue weighted by atomic mass is 9.98. The molecule has 2 rings (SSSR count). The van der Waals surface area contributed by atoms with Gasteiger partial charge < -0.3 is 15.1 Å². The van der Waals surface area contributed by atoms with Crippen molar-refractivity contribution in [2.45, 2.75) is 12.8 Å². The third-order valence-corrected chi connectivity index (χ3v) is 3.23. The number of amides is 1. The molecule has 1 aromatic heterocycles. The van der Waals surface area contributed by atoms with E-state index < -0.39 is 0 Å². The third kappa shape index (κ3) is 3.09. The maximum Gasteiger partial charge on any atom is 0.287 e. The van der Waals surface area contributed by atoms with Crippen LogP contribution in [0, 0.1) is 5.92 Å². The van der Waals surface area contributed by atoms with E-state index in [-0.39, 0.29) is 5.91 Å². The highest BCUT2D eigenvalue weighted by Crippen LogP contribution is 2.14. The first-order valence-corrected chi connectivity index (χ1v) is 6.29. The molecule has 0 radical (unpaired) electrons. The fraction of sp³-hybridized carbons (Fsp3) is 0.545. The molecule has 1 aliphatic rings. The van der Waals surface area contributed by atoms with Crippen LogP contribution in [0.15, 0.2) is 21.2 Å². The average molecular weight is 287 g/mol. The van der Waals surface area contributed by atoms with Crippen LogP contribution < -0.4 is 10.6 Å². The van der Waals surface area contributed by atoms with E-state index in [1.165, 1.54) is 0 Å². The van der Waals surface area contributed by atoms with Crippen LogP contribution in [0.1, 0.15) is 23.4 Å². The summed E-state index contributed by atoms with van der Waals surface area (Å²) >= 11 is 3.17. The smallest absolute Gasteiger partial charge is 0.287 e. The van der Waals surface area contributed by atoms with Crippen molar-refractivity contribution in [2.75, 3.05) is 19.6 Å². The van der Waals surface area contributed by atoms with Gasteiger partial charge in [0.15, 0.2) is 10.4 Å². The van der Waals surface area contributed by atoms with Crippen LogP contribution in [0.4, 0.5) is 0 Å². The maximum atomic E-state index is 11.7. The summed E-state index contributed by atoms with van der Waals surface area (Å²) < 4.78 is 5.76. The van der Waals surface area contributed by atoms with Crippen molar-refractivity contribution in [1.82, 2.24) is 10.6 Å². The van der Waals surface area contributed by atoms with Crippen molar-refractivity contribution >= 4 is 21.8 Å². The first-order valence-electron chi connectivity index (χ1n) is 5.50. The van der Waals surface area contributed by atoms with Crippen LogP contribution >= 0.6 is 15.9 Å². The summed E-state index contributed by atoms with van der Waals surface area (Å²) in [6.07, 6.45) is 2.25. The molecular formula is C11H15BrN2O2. The van der Waals surface area contributed by atoms with Crippen LogP contribution in [0.3, 0.4) is 0 Å². The molecule has 0 aromatic carbocycles. The van der Waals surface area contributed by atoms with Crippen molar-refractivity contribution in [3.05, 3.63) is 22.6 Å². The fourth-order valence-corrected chi connectivity index (χ4v) is 2.15. The Balaban J connectivity index is 1.79. The third-order valence-electron chi connectivity index (χ3n) is 2.81. The van der Waals surface area contributed by atoms with E-state index >= 15 is 0 Å². The molecule has 4 nitrogen and oxygen atoms in total. The summed E-state index contributed by atoms with van der Waals surface area (Å²) in [5.41, 5.74) is 0. The van der Waals surface area contributed by atoms with Gasteiger partial charge in [-0.1, -0.05) is 0 Å². The van der Waals surface area contributed by atoms with Crippen molar-refractivity contribution in [3.63, 3.8) is 0 Å². The number of halogens is 1. The van der Waals surface area contributed by atoms with E-state index in [2.05, 4.69) is 26.6 Å². The standard InChI is InChI=1S/C11H15BrN2O2/c12-10-2-1-9(16-10)11(15)14-7-8-3-5-13-6-4-8/h1-2,8,13H,3-7H2,(H,14,15). The second-order valence-corrected chi connectivity index (χ2v) is 4.79. The Morgan fingerprint density at radius 2 is 2.25 bits per heavy atom. The van der Waals surface area contributed by atoms with Crippen LogP contribution in [0.5, 0.6) is 0 Å². The zero-order valence-electron chi connectivity index (χ0n) is 8.96. The molecule has 0 saturated carbocycles. The van der Waals surface area contributed by atoms with Crippen LogP contribution in [-0.4, -0.2) is 25.5 Å². The van der Waals surface area contributed by atoms with E-state index in [0.717, 1.165) is 32.5 Å². The van der Waals surface area contributed by atoms with Crippen molar-refractivity contribution in [1.29, 1.82) is 0 Å². The summed E-state index contributed by atoms with van der Waals surface area (Å²) in [5, 5.41) is 6.20. The molecule has 0 spiro atoms. The van der Waals surface area contributed by atoms with Gasteiger partial charge in [0, 0.05) is 6.54 Å². The summed E-state index contributed by atoms with van der Waals surface area (Å²) in [6, 6.07) is 3.39. The number of carbonyl (C=O) groups excluding carboxylic acids is 1. The number of piperidine rings is 1. The molecule has 1 aliphatic heterocycles. The van der Waals surface area contributed by atoms with Gasteiger partial charge in [-0.2, -0.15) is 0 Å². The molecule has 1 fully saturated rings. The van der Waals surface area contributed by atoms with Gasteiger partial charge in [0.05, 0.1) is 0 Å². The fourth-order valence-electron chi connectivity index (χ4n) is 1.85. The van der Waals surface area contributed by atoms with E-state index in [9.17, 15) is 4.79 Å². The lowest BCUT2D eigenvalue weighted by Gasteiger charge is -2.22. The molecule has 0 aliphatic carbocycles. The molecule has 88 valence electrons. The summed E-state index contributed by atoms with van der Waals surface area (Å²) in [4.78, 5) is 11.7. The number of hydrogen-bond donors (Lipinski definition) is 2. The second-order valence-electron chi connectivity index (χ2n) is 4.01. The van der Waals surface area contributed by atoms with Crippen molar-refractivity contribution in [3.8, 4) is 0 Å². The van der Waals surface area contributed by atoms with Gasteiger partial charge in [-0.25, -0.2) is 0 Å². The minimum absolute atomic E-state index is 0.135. The highest BCUT2D eigenvalue weighted by Gasteiger charge is 2.15. The Bertz CT molecular complexity index is 359. The number of furan rings is 1. The quantitative estimate of drug-likeness (QED) is 0.891. The Labute approximate surface area is 103 Å².